The third-order valence-corrected chi connectivity index (χ3v) is 13.6. The second-order valence-electron chi connectivity index (χ2n) is 13.2. The second kappa shape index (κ2) is 8.66. The highest BCUT2D eigenvalue weighted by molar-refractivity contribution is 6.74. The van der Waals surface area contributed by atoms with Crippen molar-refractivity contribution in [2.75, 3.05) is 0 Å². The Morgan fingerprint density at radius 2 is 1.83 bits per heavy atom. The fourth-order valence-corrected chi connectivity index (χ4v) is 7.66. The molecular formula is C29H41NO5Si. The van der Waals surface area contributed by atoms with Gasteiger partial charge in [0, 0.05) is 24.0 Å². The van der Waals surface area contributed by atoms with Crippen LogP contribution in [0.3, 0.4) is 0 Å². The van der Waals surface area contributed by atoms with Gasteiger partial charge in [0.05, 0.1) is 12.0 Å². The van der Waals surface area contributed by atoms with Gasteiger partial charge in [-0.1, -0.05) is 48.5 Å². The van der Waals surface area contributed by atoms with E-state index >= 15 is 0 Å². The highest BCUT2D eigenvalue weighted by Crippen LogP contribution is 2.58. The maximum absolute atomic E-state index is 14.2. The number of nitrogens with zero attached hydrogens (tertiary/aromatic N) is 1. The Kier molecular flexibility index (Phi) is 6.44. The van der Waals surface area contributed by atoms with Crippen LogP contribution in [0.5, 0.6) is 5.75 Å². The summed E-state index contributed by atoms with van der Waals surface area (Å²) in [6, 6.07) is 5.25. The molecule has 2 aliphatic rings. The molecule has 2 aromatic rings. The summed E-state index contributed by atoms with van der Waals surface area (Å²) in [4.78, 5) is 31.6. The quantitative estimate of drug-likeness (QED) is 0.423. The van der Waals surface area contributed by atoms with Crippen molar-refractivity contribution in [1.82, 2.24) is 4.98 Å². The van der Waals surface area contributed by atoms with E-state index in [4.69, 9.17) is 13.6 Å². The van der Waals surface area contributed by atoms with Gasteiger partial charge < -0.3 is 13.6 Å². The Hall–Kier alpha value is -2.25. The molecule has 1 aliphatic carbocycles. The van der Waals surface area contributed by atoms with Crippen molar-refractivity contribution in [3.63, 3.8) is 0 Å². The van der Waals surface area contributed by atoms with Crippen LogP contribution in [0.15, 0.2) is 39.8 Å². The molecule has 1 saturated carbocycles. The van der Waals surface area contributed by atoms with Crippen LogP contribution in [0.1, 0.15) is 72.2 Å². The lowest BCUT2D eigenvalue weighted by atomic mass is 9.51. The Morgan fingerprint density at radius 1 is 1.17 bits per heavy atom. The van der Waals surface area contributed by atoms with Gasteiger partial charge in [0.1, 0.15) is 22.7 Å². The van der Waals surface area contributed by atoms with Crippen molar-refractivity contribution in [3.05, 3.63) is 46.6 Å². The average Bonchev–Trinajstić information content (AvgIpc) is 2.74. The average molecular weight is 512 g/mol. The summed E-state index contributed by atoms with van der Waals surface area (Å²) in [6.07, 6.45) is 3.79. The zero-order valence-corrected chi connectivity index (χ0v) is 24.4. The van der Waals surface area contributed by atoms with Crippen LogP contribution in [0.2, 0.25) is 18.1 Å². The number of hydrogen-bond donors (Lipinski definition) is 0. The number of carbonyl (C=O) groups excluding carboxylic acids is 1. The SMILES string of the molecule is CC(C)[C@@H]1CC(O[Si](C)(C)C(C)(C)C)[C@@]2(C)Oc3cc(-c4cccnc4)oc(=O)c3C(=O)[C@@H]2C1(C)C. The Bertz CT molecular complexity index is 1210. The van der Waals surface area contributed by atoms with E-state index < -0.39 is 30.9 Å². The minimum Gasteiger partial charge on any atom is -0.483 e. The number of ether oxygens (including phenoxy) is 1. The largest absolute Gasteiger partial charge is 0.483 e. The fourth-order valence-electron chi connectivity index (χ4n) is 6.27. The van der Waals surface area contributed by atoms with E-state index in [-0.39, 0.29) is 34.2 Å². The number of carbonyl (C=O) groups is 1. The van der Waals surface area contributed by atoms with E-state index in [1.54, 1.807) is 24.5 Å². The Labute approximate surface area is 215 Å². The topological polar surface area (TPSA) is 78.6 Å². The first-order valence-corrected chi connectivity index (χ1v) is 15.9. The van der Waals surface area contributed by atoms with Crippen LogP contribution in [0.25, 0.3) is 11.3 Å². The molecule has 196 valence electrons. The van der Waals surface area contributed by atoms with E-state index in [0.717, 1.165) is 6.42 Å². The van der Waals surface area contributed by atoms with Gasteiger partial charge in [0.25, 0.3) is 0 Å². The summed E-state index contributed by atoms with van der Waals surface area (Å²) in [7, 11) is -2.19. The van der Waals surface area contributed by atoms with E-state index in [1.165, 1.54) is 0 Å². The molecular weight excluding hydrogens is 470 g/mol. The van der Waals surface area contributed by atoms with Crippen molar-refractivity contribution in [2.45, 2.75) is 91.6 Å². The maximum atomic E-state index is 14.2. The molecule has 36 heavy (non-hydrogen) atoms. The molecule has 3 heterocycles. The molecule has 0 N–H and O–H groups in total. The predicted molar refractivity (Wildman–Crippen MR) is 144 cm³/mol. The Balaban J connectivity index is 1.89. The number of rotatable bonds is 4. The fraction of sp³-hybridized carbons (Fsp3) is 0.621. The molecule has 4 atom stereocenters. The normalized spacial score (nSPS) is 27.9. The molecule has 1 unspecified atom stereocenters. The van der Waals surface area contributed by atoms with E-state index in [9.17, 15) is 9.59 Å². The molecule has 0 saturated heterocycles. The zero-order valence-electron chi connectivity index (χ0n) is 23.4. The zero-order chi connectivity index (χ0) is 26.8. The van der Waals surface area contributed by atoms with E-state index in [0.29, 0.717) is 17.2 Å². The molecule has 1 fully saturated rings. The lowest BCUT2D eigenvalue weighted by Gasteiger charge is -2.60. The summed E-state index contributed by atoms with van der Waals surface area (Å²) in [5, 5.41) is 0.00425. The molecule has 1 aliphatic heterocycles. The summed E-state index contributed by atoms with van der Waals surface area (Å²) >= 11 is 0. The summed E-state index contributed by atoms with van der Waals surface area (Å²) in [6.45, 7) is 21.8. The van der Waals surface area contributed by atoms with Crippen molar-refractivity contribution >= 4 is 14.1 Å². The van der Waals surface area contributed by atoms with Gasteiger partial charge in [-0.3, -0.25) is 9.78 Å². The van der Waals surface area contributed by atoms with Gasteiger partial charge >= 0.3 is 5.63 Å². The third kappa shape index (κ3) is 4.18. The van der Waals surface area contributed by atoms with Crippen molar-refractivity contribution in [1.29, 1.82) is 0 Å². The molecule has 0 bridgehead atoms. The summed E-state index contributed by atoms with van der Waals surface area (Å²) < 4.78 is 19.4. The van der Waals surface area contributed by atoms with E-state index in [1.807, 2.05) is 13.0 Å². The number of hydrogen-bond acceptors (Lipinski definition) is 6. The van der Waals surface area contributed by atoms with Crippen molar-refractivity contribution in [2.24, 2.45) is 23.2 Å². The lowest BCUT2D eigenvalue weighted by Crippen LogP contribution is -2.69. The predicted octanol–water partition coefficient (Wildman–Crippen LogP) is 6.74. The molecule has 4 rings (SSSR count). The third-order valence-electron chi connectivity index (χ3n) is 9.13. The summed E-state index contributed by atoms with van der Waals surface area (Å²) in [5.41, 5.74) is -1.33. The Morgan fingerprint density at radius 3 is 2.39 bits per heavy atom. The molecule has 0 spiro atoms. The van der Waals surface area contributed by atoms with Gasteiger partial charge in [0.2, 0.25) is 0 Å². The highest BCUT2D eigenvalue weighted by Gasteiger charge is 2.65. The van der Waals surface area contributed by atoms with Gasteiger partial charge in [-0.15, -0.1) is 0 Å². The molecule has 0 amide bonds. The van der Waals surface area contributed by atoms with Crippen molar-refractivity contribution < 1.29 is 18.4 Å². The standard InChI is InChI=1S/C29H41NO5Si/c1-17(2)19-14-22(35-36(9,10)27(3,4)5)29(8)25(28(19,6)7)24(31)23-21(34-29)15-20(33-26(23)32)18-12-11-13-30-16-18/h11-13,15-17,19,22,25H,14H2,1-10H3/t19-,22?,25+,29+/m0/s1. The van der Waals surface area contributed by atoms with Crippen LogP contribution in [0, 0.1) is 23.2 Å². The van der Waals surface area contributed by atoms with Gasteiger partial charge in [0.15, 0.2) is 14.1 Å². The van der Waals surface area contributed by atoms with Gasteiger partial charge in [-0.05, 0) is 60.9 Å². The molecule has 7 heteroatoms. The first kappa shape index (κ1) is 26.8. The first-order chi connectivity index (χ1) is 16.5. The lowest BCUT2D eigenvalue weighted by molar-refractivity contribution is -0.160. The smallest absolute Gasteiger partial charge is 0.351 e. The maximum Gasteiger partial charge on any atom is 0.351 e. The minimum absolute atomic E-state index is 0.00425. The van der Waals surface area contributed by atoms with Crippen molar-refractivity contribution in [3.8, 4) is 17.1 Å². The van der Waals surface area contributed by atoms with Crippen LogP contribution >= 0.6 is 0 Å². The van der Waals surface area contributed by atoms with Gasteiger partial charge in [-0.2, -0.15) is 0 Å². The minimum atomic E-state index is -2.19. The number of ketones is 1. The molecule has 6 nitrogen and oxygen atoms in total. The van der Waals surface area contributed by atoms with E-state index in [2.05, 4.69) is 66.5 Å². The number of fused-ring (bicyclic) bond motifs is 2. The molecule has 0 aromatic carbocycles. The first-order valence-electron chi connectivity index (χ1n) is 13.0. The molecule has 2 aromatic heterocycles. The summed E-state index contributed by atoms with van der Waals surface area (Å²) in [5.74, 6) is 0.426. The number of pyridine rings is 1. The molecule has 0 radical (unpaired) electrons. The van der Waals surface area contributed by atoms with Gasteiger partial charge in [-0.25, -0.2) is 4.79 Å². The monoisotopic (exact) mass is 511 g/mol. The highest BCUT2D eigenvalue weighted by atomic mass is 28.4. The van der Waals surface area contributed by atoms with Crippen LogP contribution in [-0.4, -0.2) is 30.8 Å². The van der Waals surface area contributed by atoms with Crippen LogP contribution in [-0.2, 0) is 4.43 Å². The second-order valence-corrected chi connectivity index (χ2v) is 18.0. The number of aromatic nitrogens is 1. The number of Topliss-reactive ketones (excluding diaryl/α,β-unsaturated/α-hetero) is 1. The van der Waals surface area contributed by atoms with Crippen LogP contribution in [0.4, 0.5) is 0 Å². The van der Waals surface area contributed by atoms with Crippen LogP contribution < -0.4 is 10.4 Å².